The predicted molar refractivity (Wildman–Crippen MR) is 392 cm³/mol. The first-order valence-corrected chi connectivity index (χ1v) is 32.7. The van der Waals surface area contributed by atoms with Crippen LogP contribution in [0.3, 0.4) is 0 Å². The van der Waals surface area contributed by atoms with Crippen molar-refractivity contribution in [2.45, 2.75) is 65.7 Å². The largest absolute Gasteiger partial charge is 0.309 e. The molecule has 10 nitrogen and oxygen atoms in total. The third-order valence-electron chi connectivity index (χ3n) is 18.7. The molecule has 96 heavy (non-hydrogen) atoms. The van der Waals surface area contributed by atoms with Gasteiger partial charge in [0.1, 0.15) is 0 Å². The van der Waals surface area contributed by atoms with Crippen molar-refractivity contribution in [1.82, 2.24) is 49.0 Å². The molecule has 0 aliphatic heterocycles. The van der Waals surface area contributed by atoms with E-state index in [0.29, 0.717) is 41.4 Å². The lowest BCUT2D eigenvalue weighted by atomic mass is 9.77. The standard InChI is InChI=1S/C86H68N10/c1-54-32-38-73-69(44-54)70-45-55(2)33-39-74(70)96(73)78-50-68(84-93-81(58-26-16-10-17-27-58)90-82(94-84)59-28-18-11-19-29-59)63(46-67(78)62-31-21-43-88-53-62)51-86(6,7)65-36-41-76-72(49-65)71-48-64(85(3,4)5)35-40-75(71)95(76)77-47-60(34-37-66(77)61-30-20-42-87-52-61)83-91-79(56-22-12-8-13-23-56)89-80(92-83)57-24-14-9-15-25-57/h8-50,52-53H,51H2,1-7H3. The fourth-order valence-electron chi connectivity index (χ4n) is 13.7. The van der Waals surface area contributed by atoms with Gasteiger partial charge in [-0.15, -0.1) is 0 Å². The van der Waals surface area contributed by atoms with Crippen LogP contribution in [0.25, 0.3) is 146 Å². The number of benzene rings is 10. The van der Waals surface area contributed by atoms with E-state index in [-0.39, 0.29) is 5.41 Å². The zero-order valence-corrected chi connectivity index (χ0v) is 54.7. The summed E-state index contributed by atoms with van der Waals surface area (Å²) in [6, 6.07) is 88.1. The summed E-state index contributed by atoms with van der Waals surface area (Å²) in [7, 11) is 0. The molecule has 6 heterocycles. The van der Waals surface area contributed by atoms with Crippen LogP contribution in [0.15, 0.2) is 274 Å². The van der Waals surface area contributed by atoms with E-state index in [1.54, 1.807) is 0 Å². The summed E-state index contributed by atoms with van der Waals surface area (Å²) in [4.78, 5) is 41.2. The summed E-state index contributed by atoms with van der Waals surface area (Å²) < 4.78 is 4.86. The van der Waals surface area contributed by atoms with Crippen molar-refractivity contribution < 1.29 is 0 Å². The molecular weight excluding hydrogens is 1170 g/mol. The first kappa shape index (κ1) is 59.2. The van der Waals surface area contributed by atoms with Crippen LogP contribution in [-0.2, 0) is 17.3 Å². The molecule has 0 bridgehead atoms. The monoisotopic (exact) mass is 1240 g/mol. The number of hydrogen-bond acceptors (Lipinski definition) is 8. The van der Waals surface area contributed by atoms with Crippen molar-refractivity contribution in [2.75, 3.05) is 0 Å². The summed E-state index contributed by atoms with van der Waals surface area (Å²) in [6.07, 6.45) is 8.22. The first-order valence-electron chi connectivity index (χ1n) is 32.7. The van der Waals surface area contributed by atoms with E-state index in [2.05, 4.69) is 202 Å². The number of hydrogen-bond donors (Lipinski definition) is 0. The van der Waals surface area contributed by atoms with Crippen LogP contribution in [0.4, 0.5) is 0 Å². The van der Waals surface area contributed by atoms with Gasteiger partial charge in [0.2, 0.25) is 0 Å². The predicted octanol–water partition coefficient (Wildman–Crippen LogP) is 20.8. The van der Waals surface area contributed by atoms with Crippen LogP contribution in [0, 0.1) is 13.8 Å². The summed E-state index contributed by atoms with van der Waals surface area (Å²) >= 11 is 0. The third kappa shape index (κ3) is 11.0. The van der Waals surface area contributed by atoms with Gasteiger partial charge in [0.05, 0.1) is 33.4 Å². The van der Waals surface area contributed by atoms with Gasteiger partial charge in [0.15, 0.2) is 34.9 Å². The molecule has 0 N–H and O–H groups in total. The summed E-state index contributed by atoms with van der Waals surface area (Å²) in [5.41, 5.74) is 21.1. The molecule has 0 fully saturated rings. The molecule has 462 valence electrons. The maximum atomic E-state index is 5.50. The topological polar surface area (TPSA) is 113 Å². The Morgan fingerprint density at radius 1 is 0.302 bits per heavy atom. The molecule has 0 radical (unpaired) electrons. The van der Waals surface area contributed by atoms with Crippen molar-refractivity contribution in [1.29, 1.82) is 0 Å². The second-order valence-corrected chi connectivity index (χ2v) is 26.8. The molecule has 0 unspecified atom stereocenters. The van der Waals surface area contributed by atoms with E-state index in [1.165, 1.54) is 33.0 Å². The molecule has 0 aliphatic rings. The van der Waals surface area contributed by atoms with E-state index in [9.17, 15) is 0 Å². The van der Waals surface area contributed by atoms with Gasteiger partial charge in [-0.1, -0.05) is 216 Å². The average molecular weight is 1240 g/mol. The Balaban J connectivity index is 0.919. The minimum Gasteiger partial charge on any atom is -0.309 e. The van der Waals surface area contributed by atoms with Crippen LogP contribution in [-0.4, -0.2) is 49.0 Å². The highest BCUT2D eigenvalue weighted by molar-refractivity contribution is 6.12. The molecule has 0 spiro atoms. The molecule has 0 saturated carbocycles. The van der Waals surface area contributed by atoms with Crippen molar-refractivity contribution in [3.05, 3.63) is 301 Å². The zero-order valence-electron chi connectivity index (χ0n) is 54.7. The van der Waals surface area contributed by atoms with E-state index < -0.39 is 5.41 Å². The maximum absolute atomic E-state index is 5.50. The smallest absolute Gasteiger partial charge is 0.164 e. The van der Waals surface area contributed by atoms with Crippen LogP contribution < -0.4 is 0 Å². The molecular formula is C86H68N10. The van der Waals surface area contributed by atoms with E-state index in [1.807, 2.05) is 134 Å². The second-order valence-electron chi connectivity index (χ2n) is 26.8. The molecule has 16 rings (SSSR count). The van der Waals surface area contributed by atoms with Gasteiger partial charge in [0, 0.05) is 102 Å². The number of fused-ring (bicyclic) bond motifs is 6. The van der Waals surface area contributed by atoms with E-state index >= 15 is 0 Å². The number of nitrogens with zero attached hydrogens (tertiary/aromatic N) is 10. The third-order valence-corrected chi connectivity index (χ3v) is 18.7. The molecule has 0 aliphatic carbocycles. The Kier molecular flexibility index (Phi) is 14.7. The van der Waals surface area contributed by atoms with Crippen LogP contribution >= 0.6 is 0 Å². The Bertz CT molecular complexity index is 5450. The molecule has 0 saturated heterocycles. The highest BCUT2D eigenvalue weighted by atomic mass is 15.1. The minimum absolute atomic E-state index is 0.132. The highest BCUT2D eigenvalue weighted by Crippen LogP contribution is 2.45. The summed E-state index contributed by atoms with van der Waals surface area (Å²) in [6.45, 7) is 16.0. The van der Waals surface area contributed by atoms with Crippen LogP contribution in [0.5, 0.6) is 0 Å². The number of rotatable bonds is 13. The highest BCUT2D eigenvalue weighted by Gasteiger charge is 2.30. The lowest BCUT2D eigenvalue weighted by Crippen LogP contribution is -2.21. The minimum atomic E-state index is -0.488. The molecule has 16 aromatic rings. The quantitative estimate of drug-likeness (QED) is 0.112. The van der Waals surface area contributed by atoms with E-state index in [4.69, 9.17) is 34.9 Å². The van der Waals surface area contributed by atoms with Gasteiger partial charge in [0.25, 0.3) is 0 Å². The molecule has 6 aromatic heterocycles. The average Bonchev–Trinajstić information content (AvgIpc) is 1.56. The lowest BCUT2D eigenvalue weighted by molar-refractivity contribution is 0.523. The Morgan fingerprint density at radius 3 is 1.14 bits per heavy atom. The van der Waals surface area contributed by atoms with Gasteiger partial charge in [-0.05, 0) is 127 Å². The maximum Gasteiger partial charge on any atom is 0.164 e. The number of pyridine rings is 2. The SMILES string of the molecule is Cc1ccc2c(c1)c1cc(C)ccc1n2-c1cc(-c2nc(-c3ccccc3)nc(-c3ccccc3)n2)c(CC(C)(C)c2ccc3c(c2)c2cc(C(C)(C)C)ccc2n3-c2cc(-c3nc(-c4ccccc4)nc(-c4ccccc4)n3)ccc2-c2cccnc2)cc1-c1cccnc1. The Hall–Kier alpha value is -11.9. The normalized spacial score (nSPS) is 11.9. The summed E-state index contributed by atoms with van der Waals surface area (Å²) in [5.74, 6) is 3.56. The number of aryl methyl sites for hydroxylation is 2. The van der Waals surface area contributed by atoms with Gasteiger partial charge >= 0.3 is 0 Å². The van der Waals surface area contributed by atoms with Gasteiger partial charge in [-0.25, -0.2) is 29.9 Å². The fraction of sp³-hybridized carbons (Fsp3) is 0.116. The molecule has 10 aromatic carbocycles. The fourth-order valence-corrected chi connectivity index (χ4v) is 13.7. The molecule has 0 atom stereocenters. The van der Waals surface area contributed by atoms with Crippen molar-refractivity contribution in [2.24, 2.45) is 0 Å². The van der Waals surface area contributed by atoms with Gasteiger partial charge in [-0.3, -0.25) is 9.97 Å². The van der Waals surface area contributed by atoms with Gasteiger partial charge < -0.3 is 9.13 Å². The molecule has 10 heteroatoms. The van der Waals surface area contributed by atoms with Crippen LogP contribution in [0.1, 0.15) is 62.4 Å². The Labute approximate surface area is 558 Å². The van der Waals surface area contributed by atoms with Gasteiger partial charge in [-0.2, -0.15) is 0 Å². The zero-order chi connectivity index (χ0) is 65.2. The summed E-state index contributed by atoms with van der Waals surface area (Å²) in [5, 5.41) is 4.69. The van der Waals surface area contributed by atoms with Crippen molar-refractivity contribution in [3.63, 3.8) is 0 Å². The van der Waals surface area contributed by atoms with E-state index in [0.717, 1.165) is 105 Å². The Morgan fingerprint density at radius 2 is 0.688 bits per heavy atom. The van der Waals surface area contributed by atoms with Crippen molar-refractivity contribution >= 4 is 43.6 Å². The van der Waals surface area contributed by atoms with Crippen molar-refractivity contribution in [3.8, 4) is 102 Å². The first-order chi connectivity index (χ1) is 46.8. The number of aromatic nitrogens is 10. The van der Waals surface area contributed by atoms with Crippen LogP contribution in [0.2, 0.25) is 0 Å². The second kappa shape index (κ2) is 23.9. The molecule has 0 amide bonds. The lowest BCUT2D eigenvalue weighted by Gasteiger charge is -2.28.